The van der Waals surface area contributed by atoms with Gasteiger partial charge in [-0.05, 0) is 92.4 Å². The van der Waals surface area contributed by atoms with E-state index in [2.05, 4.69) is 180 Å². The van der Waals surface area contributed by atoms with Crippen LogP contribution in [0, 0.1) is 14.3 Å². The van der Waals surface area contributed by atoms with E-state index in [4.69, 9.17) is 10.2 Å². The van der Waals surface area contributed by atoms with E-state index < -0.39 is 23.8 Å². The van der Waals surface area contributed by atoms with Gasteiger partial charge in [-0.3, -0.25) is 0 Å². The zero-order chi connectivity index (χ0) is 43.5. The van der Waals surface area contributed by atoms with E-state index in [1.807, 2.05) is 0 Å². The van der Waals surface area contributed by atoms with Gasteiger partial charge in [0.25, 0.3) is 0 Å². The van der Waals surface area contributed by atoms with Gasteiger partial charge in [-0.1, -0.05) is 132 Å². The Morgan fingerprint density at radius 1 is 0.379 bits per heavy atom. The maximum atomic E-state index is 11.2. The molecule has 4 aromatic rings. The molecule has 4 aromatic carbocycles. The first kappa shape index (κ1) is 58.4. The van der Waals surface area contributed by atoms with Crippen LogP contribution in [0.3, 0.4) is 0 Å². The summed E-state index contributed by atoms with van der Waals surface area (Å²) in [5.74, 6) is -11.3. The molecule has 0 aliphatic heterocycles. The molecule has 0 atom stereocenters. The molecule has 0 aliphatic rings. The minimum Gasteiger partial charge on any atom is -0.477 e. The van der Waals surface area contributed by atoms with E-state index in [1.165, 1.54) is 36.5 Å². The largest absolute Gasteiger partial charge is 1.00 e. The topological polar surface area (TPSA) is 74.6 Å². The summed E-state index contributed by atoms with van der Waals surface area (Å²) in [6, 6.07) is 36.8. The molecule has 2 N–H and O–H groups in total. The summed E-state index contributed by atoms with van der Waals surface area (Å²) in [6.45, 7) is 27.9. The molecule has 0 spiro atoms. The molecular formula is C46H61ClF4I2NaO4+3. The first-order valence-corrected chi connectivity index (χ1v) is 22.5. The number of carboxylic acid groups (broad SMARTS) is 2. The third-order valence-corrected chi connectivity index (χ3v) is 13.4. The molecule has 0 saturated heterocycles. The minimum atomic E-state index is -3.58. The van der Waals surface area contributed by atoms with Crippen molar-refractivity contribution in [3.05, 3.63) is 134 Å². The number of carboxylic acids is 2. The van der Waals surface area contributed by atoms with Crippen LogP contribution in [-0.4, -0.2) is 34.0 Å². The number of aliphatic carboxylic acids is 2. The molecule has 58 heavy (non-hydrogen) atoms. The van der Waals surface area contributed by atoms with Crippen LogP contribution < -0.4 is 72.0 Å². The average molecular weight is 1070 g/mol. The van der Waals surface area contributed by atoms with E-state index in [9.17, 15) is 27.2 Å². The van der Waals surface area contributed by atoms with Crippen molar-refractivity contribution in [3.63, 3.8) is 0 Å². The second-order valence-electron chi connectivity index (χ2n) is 17.6. The van der Waals surface area contributed by atoms with Crippen LogP contribution in [0.15, 0.2) is 97.1 Å². The summed E-state index contributed by atoms with van der Waals surface area (Å²) in [4.78, 5) is 18.5. The Bertz CT molecular complexity index is 1570. The molecule has 12 heteroatoms. The normalized spacial score (nSPS) is 11.8. The fraction of sp³-hybridized carbons (Fsp3) is 0.435. The molecule has 316 valence electrons. The first-order chi connectivity index (χ1) is 25.2. The van der Waals surface area contributed by atoms with Gasteiger partial charge in [0.15, 0.2) is 14.3 Å². The SMILES string of the molecule is CC(C)(C)c1ccc([I+]c2ccc(C(C)(C)C)cc2)cc1.CC(C)(C)c1ccc([I+]c2ccc(C(C)(C)C)cc2)cc1.CC(F)(F)C(=O)O.CC(F)(F)C(=O)O.Cl.[Na+]. The predicted molar refractivity (Wildman–Crippen MR) is 219 cm³/mol. The smallest absolute Gasteiger partial charge is 0.477 e. The van der Waals surface area contributed by atoms with Crippen molar-refractivity contribution in [1.29, 1.82) is 0 Å². The van der Waals surface area contributed by atoms with Crippen molar-refractivity contribution < 1.29 is 109 Å². The molecule has 0 unspecified atom stereocenters. The van der Waals surface area contributed by atoms with Crippen molar-refractivity contribution in [1.82, 2.24) is 0 Å². The van der Waals surface area contributed by atoms with Gasteiger partial charge in [0, 0.05) is 13.8 Å². The number of rotatable bonds is 6. The quantitative estimate of drug-likeness (QED) is 0.176. The molecule has 4 rings (SSSR count). The fourth-order valence-corrected chi connectivity index (χ4v) is 8.62. The molecule has 0 fully saturated rings. The van der Waals surface area contributed by atoms with Crippen molar-refractivity contribution >= 4 is 24.3 Å². The third kappa shape index (κ3) is 22.8. The summed E-state index contributed by atoms with van der Waals surface area (Å²) in [6.07, 6.45) is 0. The number of hydrogen-bond acceptors (Lipinski definition) is 2. The second kappa shape index (κ2) is 24.1. The van der Waals surface area contributed by atoms with Gasteiger partial charge >= 0.3 is 95.8 Å². The van der Waals surface area contributed by atoms with Crippen LogP contribution in [0.1, 0.15) is 119 Å². The van der Waals surface area contributed by atoms with Crippen LogP contribution in [-0.2, 0) is 31.2 Å². The molecule has 0 bridgehead atoms. The Balaban J connectivity index is 0. The van der Waals surface area contributed by atoms with Crippen molar-refractivity contribution in [2.45, 2.75) is 130 Å². The summed E-state index contributed by atoms with van der Waals surface area (Å²) < 4.78 is 50.9. The molecule has 0 amide bonds. The summed E-state index contributed by atoms with van der Waals surface area (Å²) in [5, 5.41) is 15.0. The number of hydrogen-bond donors (Lipinski definition) is 2. The zero-order valence-electron chi connectivity index (χ0n) is 36.6. The van der Waals surface area contributed by atoms with Crippen LogP contribution >= 0.6 is 12.4 Å². The minimum absolute atomic E-state index is 0. The number of halogens is 7. The Kier molecular flexibility index (Phi) is 24.2. The maximum absolute atomic E-state index is 11.2. The monoisotopic (exact) mass is 1070 g/mol. The standard InChI is InChI=1S/2C20H26I.2C3H4F2O2.ClH.Na/c2*1-19(2,3)15-7-11-17(12-8-15)21-18-13-9-16(10-14-18)20(4,5)6;2*1-3(4,5)2(6)7;;/h2*7-14H,1-6H3;2*1H3,(H,6,7);1H;/q2*+1;;;;+1. The van der Waals surface area contributed by atoms with Crippen LogP contribution in [0.2, 0.25) is 0 Å². The second-order valence-corrected chi connectivity index (χ2v) is 23.7. The Hall–Kier alpha value is -1.71. The molecular weight excluding hydrogens is 1000 g/mol. The van der Waals surface area contributed by atoms with Crippen molar-refractivity contribution in [2.75, 3.05) is 0 Å². The van der Waals surface area contributed by atoms with E-state index in [0.29, 0.717) is 13.8 Å². The Morgan fingerprint density at radius 3 is 0.586 bits per heavy atom. The van der Waals surface area contributed by atoms with Crippen LogP contribution in [0.5, 0.6) is 0 Å². The number of alkyl halides is 4. The Labute approximate surface area is 394 Å². The summed E-state index contributed by atoms with van der Waals surface area (Å²) >= 11 is -0.141. The van der Waals surface area contributed by atoms with Gasteiger partial charge in [-0.25, -0.2) is 9.59 Å². The van der Waals surface area contributed by atoms with Gasteiger partial charge < -0.3 is 10.2 Å². The van der Waals surface area contributed by atoms with Crippen molar-refractivity contribution in [2.24, 2.45) is 0 Å². The number of carbonyl (C=O) groups is 2. The number of benzene rings is 4. The van der Waals surface area contributed by atoms with Gasteiger partial charge in [0.1, 0.15) is 0 Å². The molecule has 4 nitrogen and oxygen atoms in total. The van der Waals surface area contributed by atoms with Crippen molar-refractivity contribution in [3.8, 4) is 0 Å². The predicted octanol–water partition coefficient (Wildman–Crippen LogP) is 3.70. The average Bonchev–Trinajstić information content (AvgIpc) is 3.04. The molecule has 0 heterocycles. The molecule has 0 aromatic heterocycles. The van der Waals surface area contributed by atoms with Gasteiger partial charge in [0.2, 0.25) is 0 Å². The van der Waals surface area contributed by atoms with Gasteiger partial charge in [-0.15, -0.1) is 12.4 Å². The van der Waals surface area contributed by atoms with E-state index in [1.54, 1.807) is 0 Å². The fourth-order valence-electron chi connectivity index (χ4n) is 4.30. The van der Waals surface area contributed by atoms with E-state index in [-0.39, 0.29) is 106 Å². The zero-order valence-corrected chi connectivity index (χ0v) is 43.8. The van der Waals surface area contributed by atoms with Gasteiger partial charge in [0.05, 0.1) is 0 Å². The summed E-state index contributed by atoms with van der Waals surface area (Å²) in [5.41, 5.74) is 6.63. The molecule has 0 radical (unpaired) electrons. The maximum Gasteiger partial charge on any atom is 1.00 e. The van der Waals surface area contributed by atoms with E-state index in [0.717, 1.165) is 0 Å². The Morgan fingerprint density at radius 2 is 0.500 bits per heavy atom. The van der Waals surface area contributed by atoms with Crippen LogP contribution in [0.25, 0.3) is 0 Å². The van der Waals surface area contributed by atoms with Crippen LogP contribution in [0.4, 0.5) is 17.6 Å². The third-order valence-electron chi connectivity index (χ3n) is 8.03. The summed E-state index contributed by atoms with van der Waals surface area (Å²) in [7, 11) is 0. The molecule has 0 aliphatic carbocycles. The van der Waals surface area contributed by atoms with E-state index >= 15 is 0 Å². The first-order valence-electron chi connectivity index (χ1n) is 18.2. The van der Waals surface area contributed by atoms with Gasteiger partial charge in [-0.2, -0.15) is 17.6 Å². The molecule has 0 saturated carbocycles.